The molecule has 2 heterocycles. The minimum atomic E-state index is -0.908. The number of nitrogens with one attached hydrogen (secondary N) is 2. The van der Waals surface area contributed by atoms with E-state index in [2.05, 4.69) is 20.8 Å². The summed E-state index contributed by atoms with van der Waals surface area (Å²) in [6.07, 6.45) is -0.223. The van der Waals surface area contributed by atoms with Crippen LogP contribution in [0.2, 0.25) is 0 Å². The highest BCUT2D eigenvalue weighted by Gasteiger charge is 2.43. The van der Waals surface area contributed by atoms with Crippen molar-refractivity contribution in [1.29, 1.82) is 0 Å². The van der Waals surface area contributed by atoms with Crippen molar-refractivity contribution in [2.75, 3.05) is 10.6 Å². The van der Waals surface area contributed by atoms with E-state index >= 15 is 0 Å². The molecule has 8 heteroatoms. The van der Waals surface area contributed by atoms with Crippen LogP contribution in [0, 0.1) is 6.92 Å². The van der Waals surface area contributed by atoms with Gasteiger partial charge in [0, 0.05) is 22.5 Å². The quantitative estimate of drug-likeness (QED) is 0.707. The number of hydrogen-bond acceptors (Lipinski definition) is 5. The molecule has 0 radical (unpaired) electrons. The maximum Gasteiger partial charge on any atom is 0.255 e. The van der Waals surface area contributed by atoms with Crippen molar-refractivity contribution in [2.24, 2.45) is 0 Å². The van der Waals surface area contributed by atoms with E-state index in [0.717, 1.165) is 16.8 Å². The molecule has 2 atom stereocenters. The molecule has 0 saturated heterocycles. The van der Waals surface area contributed by atoms with Gasteiger partial charge in [0.25, 0.3) is 5.91 Å². The second-order valence-corrected chi connectivity index (χ2v) is 7.40. The number of hydrogen-bond donors (Lipinski definition) is 2. The SMILES string of the molecule is Cc1ccc(-c2noc([C@H]3C[C@@H]3F)n2)cc1NC(=O)c1ccc2c(c1)CC(=O)N2. The predicted octanol–water partition coefficient (Wildman–Crippen LogP) is 3.62. The normalized spacial score (nSPS) is 19.6. The minimum Gasteiger partial charge on any atom is -0.339 e. The average molecular weight is 392 g/mol. The van der Waals surface area contributed by atoms with Crippen molar-refractivity contribution >= 4 is 23.2 Å². The van der Waals surface area contributed by atoms with Gasteiger partial charge < -0.3 is 15.2 Å². The second kappa shape index (κ2) is 6.51. The van der Waals surface area contributed by atoms with Gasteiger partial charge in [-0.15, -0.1) is 0 Å². The van der Waals surface area contributed by atoms with Crippen LogP contribution in [0.4, 0.5) is 15.8 Å². The summed E-state index contributed by atoms with van der Waals surface area (Å²) in [5.74, 6) is 0.00374. The summed E-state index contributed by atoms with van der Waals surface area (Å²) in [5, 5.41) is 9.58. The highest BCUT2D eigenvalue weighted by atomic mass is 19.1. The Morgan fingerprint density at radius 1 is 1.28 bits per heavy atom. The lowest BCUT2D eigenvalue weighted by atomic mass is 10.1. The van der Waals surface area contributed by atoms with E-state index in [1.807, 2.05) is 19.1 Å². The zero-order chi connectivity index (χ0) is 20.1. The zero-order valence-corrected chi connectivity index (χ0v) is 15.5. The third-order valence-corrected chi connectivity index (χ3v) is 5.21. The van der Waals surface area contributed by atoms with Gasteiger partial charge in [-0.2, -0.15) is 4.98 Å². The van der Waals surface area contributed by atoms with Gasteiger partial charge in [0.15, 0.2) is 0 Å². The van der Waals surface area contributed by atoms with Gasteiger partial charge in [-0.3, -0.25) is 9.59 Å². The molecule has 146 valence electrons. The smallest absolute Gasteiger partial charge is 0.255 e. The molecule has 7 nitrogen and oxygen atoms in total. The van der Waals surface area contributed by atoms with Crippen LogP contribution in [-0.4, -0.2) is 28.1 Å². The summed E-state index contributed by atoms with van der Waals surface area (Å²) in [5.41, 5.74) is 4.16. The first-order valence-electron chi connectivity index (χ1n) is 9.31. The standard InChI is InChI=1S/C21H17FN4O3/c1-10-2-3-11(19-25-21(29-26-19)14-9-15(14)22)7-17(10)24-20(28)12-4-5-16-13(6-12)8-18(27)23-16/h2-7,14-15H,8-9H2,1H3,(H,23,27)(H,24,28)/t14-,15-/m0/s1. The van der Waals surface area contributed by atoms with Gasteiger partial charge in [-0.1, -0.05) is 17.3 Å². The van der Waals surface area contributed by atoms with Crippen LogP contribution >= 0.6 is 0 Å². The molecule has 1 aliphatic heterocycles. The largest absolute Gasteiger partial charge is 0.339 e. The Morgan fingerprint density at radius 3 is 2.90 bits per heavy atom. The highest BCUT2D eigenvalue weighted by Crippen LogP contribution is 2.43. The number of rotatable bonds is 4. The van der Waals surface area contributed by atoms with Crippen molar-refractivity contribution in [3.63, 3.8) is 0 Å². The zero-order valence-electron chi connectivity index (χ0n) is 15.5. The van der Waals surface area contributed by atoms with E-state index in [1.165, 1.54) is 0 Å². The van der Waals surface area contributed by atoms with E-state index in [4.69, 9.17) is 4.52 Å². The molecule has 5 rings (SSSR count). The minimum absolute atomic E-state index is 0.0779. The Hall–Kier alpha value is -3.55. The summed E-state index contributed by atoms with van der Waals surface area (Å²) < 4.78 is 18.4. The molecule has 2 N–H and O–H groups in total. The van der Waals surface area contributed by atoms with Gasteiger partial charge >= 0.3 is 0 Å². The van der Waals surface area contributed by atoms with Crippen LogP contribution in [-0.2, 0) is 11.2 Å². The molecular formula is C21H17FN4O3. The molecule has 0 bridgehead atoms. The Balaban J connectivity index is 1.38. The maximum atomic E-state index is 13.2. The molecule has 1 aromatic heterocycles. The van der Waals surface area contributed by atoms with Gasteiger partial charge in [0.05, 0.1) is 12.3 Å². The molecule has 1 aliphatic carbocycles. The lowest BCUT2D eigenvalue weighted by molar-refractivity contribution is -0.115. The molecule has 2 amide bonds. The number of aromatic nitrogens is 2. The van der Waals surface area contributed by atoms with Crippen molar-refractivity contribution in [2.45, 2.75) is 31.9 Å². The summed E-state index contributed by atoms with van der Waals surface area (Å²) in [6, 6.07) is 10.6. The fourth-order valence-electron chi connectivity index (χ4n) is 3.38. The number of nitrogens with zero attached hydrogens (tertiary/aromatic N) is 2. The van der Waals surface area contributed by atoms with E-state index in [9.17, 15) is 14.0 Å². The number of benzene rings is 2. The predicted molar refractivity (Wildman–Crippen MR) is 103 cm³/mol. The van der Waals surface area contributed by atoms with Crippen LogP contribution < -0.4 is 10.6 Å². The number of anilines is 2. The van der Waals surface area contributed by atoms with Crippen LogP contribution in [0.3, 0.4) is 0 Å². The van der Waals surface area contributed by atoms with Crippen molar-refractivity contribution in [1.82, 2.24) is 10.1 Å². The molecule has 3 aromatic rings. The Bertz CT molecular complexity index is 1160. The highest BCUT2D eigenvalue weighted by molar-refractivity contribution is 6.07. The molecule has 2 aliphatic rings. The molecule has 1 saturated carbocycles. The first-order chi connectivity index (χ1) is 14.0. The van der Waals surface area contributed by atoms with Gasteiger partial charge in [-0.25, -0.2) is 4.39 Å². The van der Waals surface area contributed by atoms with Crippen LogP contribution in [0.25, 0.3) is 11.4 Å². The summed E-state index contributed by atoms with van der Waals surface area (Å²) in [4.78, 5) is 28.5. The van der Waals surface area contributed by atoms with E-state index in [-0.39, 0.29) is 24.2 Å². The lowest BCUT2D eigenvalue weighted by Gasteiger charge is -2.10. The number of alkyl halides is 1. The van der Waals surface area contributed by atoms with E-state index < -0.39 is 6.17 Å². The lowest BCUT2D eigenvalue weighted by Crippen LogP contribution is -2.13. The first kappa shape index (κ1) is 17.5. The number of amides is 2. The topological polar surface area (TPSA) is 97.1 Å². The fourth-order valence-corrected chi connectivity index (χ4v) is 3.38. The number of carbonyl (C=O) groups excluding carboxylic acids is 2. The summed E-state index contributed by atoms with van der Waals surface area (Å²) in [6.45, 7) is 1.88. The van der Waals surface area contributed by atoms with Gasteiger partial charge in [-0.05, 0) is 48.7 Å². The monoisotopic (exact) mass is 392 g/mol. The fraction of sp³-hybridized carbons (Fsp3) is 0.238. The number of carbonyl (C=O) groups is 2. The molecule has 0 unspecified atom stereocenters. The Morgan fingerprint density at radius 2 is 2.10 bits per heavy atom. The van der Waals surface area contributed by atoms with Gasteiger partial charge in [0.1, 0.15) is 6.17 Å². The van der Waals surface area contributed by atoms with Crippen LogP contribution in [0.5, 0.6) is 0 Å². The molecule has 29 heavy (non-hydrogen) atoms. The van der Waals surface area contributed by atoms with Crippen molar-refractivity contribution in [3.8, 4) is 11.4 Å². The maximum absolute atomic E-state index is 13.2. The van der Waals surface area contributed by atoms with E-state index in [0.29, 0.717) is 35.0 Å². The number of halogens is 1. The third kappa shape index (κ3) is 3.26. The molecule has 2 aromatic carbocycles. The Labute approximate surface area is 165 Å². The molecular weight excluding hydrogens is 375 g/mol. The van der Waals surface area contributed by atoms with Crippen molar-refractivity contribution < 1.29 is 18.5 Å². The van der Waals surface area contributed by atoms with Gasteiger partial charge in [0.2, 0.25) is 17.6 Å². The number of fused-ring (bicyclic) bond motifs is 1. The molecule has 0 spiro atoms. The summed E-state index contributed by atoms with van der Waals surface area (Å²) in [7, 11) is 0. The van der Waals surface area contributed by atoms with E-state index in [1.54, 1.807) is 24.3 Å². The first-order valence-corrected chi connectivity index (χ1v) is 9.31. The Kier molecular flexibility index (Phi) is 3.94. The van der Waals surface area contributed by atoms with Crippen LogP contribution in [0.15, 0.2) is 40.9 Å². The molecule has 1 fully saturated rings. The average Bonchev–Trinajstić information content (AvgIpc) is 3.09. The number of aryl methyl sites for hydroxylation is 1. The summed E-state index contributed by atoms with van der Waals surface area (Å²) >= 11 is 0. The van der Waals surface area contributed by atoms with Crippen LogP contribution in [0.1, 0.15) is 39.7 Å². The second-order valence-electron chi connectivity index (χ2n) is 7.40. The third-order valence-electron chi connectivity index (χ3n) is 5.21. The van der Waals surface area contributed by atoms with Crippen molar-refractivity contribution in [3.05, 3.63) is 59.0 Å².